The fourth-order valence-corrected chi connectivity index (χ4v) is 1.89. The van der Waals surface area contributed by atoms with Gasteiger partial charge in [0.25, 0.3) is 0 Å². The van der Waals surface area contributed by atoms with E-state index in [0.717, 1.165) is 0 Å². The monoisotopic (exact) mass is 414 g/mol. The maximum absolute atomic E-state index is 2.20. The van der Waals surface area contributed by atoms with Crippen molar-refractivity contribution in [3.8, 4) is 0 Å². The van der Waals surface area contributed by atoms with Crippen molar-refractivity contribution in [3.63, 3.8) is 0 Å². The zero-order valence-corrected chi connectivity index (χ0v) is 20.3. The minimum absolute atomic E-state index is 0. The lowest BCUT2D eigenvalue weighted by Crippen LogP contribution is -1.78. The molecular formula is C30H54. The van der Waals surface area contributed by atoms with Crippen LogP contribution in [0, 0.1) is 20.8 Å². The van der Waals surface area contributed by atoms with Crippen molar-refractivity contribution < 1.29 is 0 Å². The number of benzene rings is 2. The highest BCUT2D eigenvalue weighted by atomic mass is 13.9. The molecule has 0 fully saturated rings. The average molecular weight is 415 g/mol. The first-order valence-corrected chi connectivity index (χ1v) is 10.9. The van der Waals surface area contributed by atoms with E-state index in [-0.39, 0.29) is 14.9 Å². The van der Waals surface area contributed by atoms with Crippen molar-refractivity contribution >= 4 is 0 Å². The van der Waals surface area contributed by atoms with Crippen LogP contribution in [0.5, 0.6) is 0 Å². The van der Waals surface area contributed by atoms with Gasteiger partial charge in [-0.15, -0.1) is 0 Å². The Balaban J connectivity index is -0.0000000900. The summed E-state index contributed by atoms with van der Waals surface area (Å²) < 4.78 is 0. The summed E-state index contributed by atoms with van der Waals surface area (Å²) in [6.07, 6.45) is 8.99. The van der Waals surface area contributed by atoms with Crippen LogP contribution < -0.4 is 0 Å². The molecule has 0 nitrogen and oxygen atoms in total. The summed E-state index contributed by atoms with van der Waals surface area (Å²) in [5, 5.41) is 0. The van der Waals surface area contributed by atoms with E-state index < -0.39 is 0 Å². The molecule has 0 heteroatoms. The van der Waals surface area contributed by atoms with Gasteiger partial charge in [-0.25, -0.2) is 0 Å². The third-order valence-corrected chi connectivity index (χ3v) is 3.38. The summed E-state index contributed by atoms with van der Waals surface area (Å²) >= 11 is 0. The molecule has 30 heavy (non-hydrogen) atoms. The van der Waals surface area contributed by atoms with Gasteiger partial charge in [0.05, 0.1) is 0 Å². The van der Waals surface area contributed by atoms with Gasteiger partial charge in [0, 0.05) is 0 Å². The number of allylic oxidation sites excluding steroid dienone is 4. The Morgan fingerprint density at radius 3 is 1.10 bits per heavy atom. The van der Waals surface area contributed by atoms with Gasteiger partial charge in [0.15, 0.2) is 0 Å². The number of hydrogen-bond acceptors (Lipinski definition) is 0. The first-order valence-electron chi connectivity index (χ1n) is 10.9. The highest BCUT2D eigenvalue weighted by Crippen LogP contribution is 2.08. The molecule has 3 rings (SSSR count). The molecular weight excluding hydrogens is 360 g/mol. The molecule has 1 aliphatic rings. The summed E-state index contributed by atoms with van der Waals surface area (Å²) in [4.78, 5) is 0. The van der Waals surface area contributed by atoms with Gasteiger partial charge >= 0.3 is 0 Å². The maximum atomic E-state index is 2.20. The lowest BCUT2D eigenvalue weighted by molar-refractivity contribution is 0.962. The van der Waals surface area contributed by atoms with Crippen LogP contribution in [0.15, 0.2) is 78.4 Å². The van der Waals surface area contributed by atoms with Crippen molar-refractivity contribution in [1.29, 1.82) is 0 Å². The number of hydrogen-bond donors (Lipinski definition) is 0. The van der Waals surface area contributed by atoms with Crippen molar-refractivity contribution in [2.24, 2.45) is 0 Å². The summed E-state index contributed by atoms with van der Waals surface area (Å²) in [5.41, 5.74) is 5.48. The molecule has 0 aromatic heterocycles. The highest BCUT2D eigenvalue weighted by Gasteiger charge is 1.88. The van der Waals surface area contributed by atoms with E-state index in [9.17, 15) is 0 Å². The predicted molar refractivity (Wildman–Crippen MR) is 147 cm³/mol. The first kappa shape index (κ1) is 38.5. The molecule has 2 aromatic rings. The second-order valence-corrected chi connectivity index (χ2v) is 5.79. The fourth-order valence-electron chi connectivity index (χ4n) is 1.89. The van der Waals surface area contributed by atoms with E-state index in [1.54, 1.807) is 0 Å². The zero-order valence-electron chi connectivity index (χ0n) is 20.3. The van der Waals surface area contributed by atoms with Crippen molar-refractivity contribution in [1.82, 2.24) is 0 Å². The quantitative estimate of drug-likeness (QED) is 0.402. The molecule has 1 aliphatic carbocycles. The highest BCUT2D eigenvalue weighted by molar-refractivity contribution is 5.19. The van der Waals surface area contributed by atoms with Gasteiger partial charge in [-0.1, -0.05) is 151 Å². The van der Waals surface area contributed by atoms with E-state index in [0.29, 0.717) is 0 Å². The second kappa shape index (κ2) is 31.6. The second-order valence-electron chi connectivity index (χ2n) is 5.79. The fraction of sp³-hybridized carbons (Fsp3) is 0.467. The Bertz CT molecular complexity index is 550. The maximum Gasteiger partial charge on any atom is -0.0285 e. The first-order chi connectivity index (χ1) is 13.6. The standard InChI is InChI=1S/C8H10.C7H10.C7H8.3C2H6.2CH4/c1-7-3-5-8(2)6-4-7;2*1-7-5-3-2-4-6-7;3*1-2;;/h3-6H,1-2H3;2-3,5H,4,6H2,1H3;2-6H,1H3;3*1-2H3;2*1H4. The largest absolute Gasteiger partial charge is 0.0842 e. The molecule has 0 spiro atoms. The summed E-state index contributed by atoms with van der Waals surface area (Å²) in [5.74, 6) is 0. The van der Waals surface area contributed by atoms with Crippen molar-refractivity contribution in [2.75, 3.05) is 0 Å². The molecule has 2 aromatic carbocycles. The molecule has 0 saturated carbocycles. The molecule has 0 atom stereocenters. The van der Waals surface area contributed by atoms with E-state index >= 15 is 0 Å². The summed E-state index contributed by atoms with van der Waals surface area (Å²) in [7, 11) is 0. The molecule has 0 heterocycles. The molecule has 174 valence electrons. The lowest BCUT2D eigenvalue weighted by atomic mass is 10.1. The van der Waals surface area contributed by atoms with Gasteiger partial charge in [0.1, 0.15) is 0 Å². The average Bonchev–Trinajstić information content (AvgIpc) is 2.77. The van der Waals surface area contributed by atoms with E-state index in [4.69, 9.17) is 0 Å². The Hall–Kier alpha value is -2.08. The molecule has 0 unspecified atom stereocenters. The van der Waals surface area contributed by atoms with Crippen LogP contribution in [-0.2, 0) is 0 Å². The van der Waals surface area contributed by atoms with E-state index in [1.165, 1.54) is 35.1 Å². The molecule has 0 N–H and O–H groups in total. The van der Waals surface area contributed by atoms with Crippen LogP contribution in [0.2, 0.25) is 0 Å². The number of rotatable bonds is 0. The smallest absolute Gasteiger partial charge is 0.0285 e. The van der Waals surface area contributed by atoms with E-state index in [1.807, 2.05) is 59.7 Å². The van der Waals surface area contributed by atoms with Crippen LogP contribution in [0.1, 0.15) is 92.9 Å². The third kappa shape index (κ3) is 28.1. The van der Waals surface area contributed by atoms with Crippen LogP contribution in [-0.4, -0.2) is 0 Å². The van der Waals surface area contributed by atoms with E-state index in [2.05, 4.69) is 82.3 Å². The predicted octanol–water partition coefficient (Wildman–Crippen LogP) is 10.9. The molecule has 0 aliphatic heterocycles. The summed E-state index contributed by atoms with van der Waals surface area (Å²) in [6, 6.07) is 18.7. The Morgan fingerprint density at radius 1 is 0.533 bits per heavy atom. The lowest BCUT2D eigenvalue weighted by Gasteiger charge is -1.98. The van der Waals surface area contributed by atoms with Gasteiger partial charge in [0.2, 0.25) is 0 Å². The van der Waals surface area contributed by atoms with Crippen LogP contribution in [0.4, 0.5) is 0 Å². The molecule has 0 bridgehead atoms. The minimum Gasteiger partial charge on any atom is -0.0842 e. The van der Waals surface area contributed by atoms with Gasteiger partial charge in [-0.2, -0.15) is 0 Å². The Morgan fingerprint density at radius 2 is 0.900 bits per heavy atom. The Labute approximate surface area is 192 Å². The normalized spacial score (nSPS) is 9.60. The zero-order chi connectivity index (χ0) is 22.2. The third-order valence-electron chi connectivity index (χ3n) is 3.38. The van der Waals surface area contributed by atoms with Crippen LogP contribution in [0.3, 0.4) is 0 Å². The minimum atomic E-state index is 0. The molecule has 0 saturated heterocycles. The van der Waals surface area contributed by atoms with Gasteiger partial charge < -0.3 is 0 Å². The molecule has 0 amide bonds. The van der Waals surface area contributed by atoms with Crippen LogP contribution in [0.25, 0.3) is 0 Å². The van der Waals surface area contributed by atoms with Crippen LogP contribution >= 0.6 is 0 Å². The molecule has 0 radical (unpaired) electrons. The summed E-state index contributed by atoms with van der Waals surface area (Å²) in [6.45, 7) is 20.4. The Kier molecular flexibility index (Phi) is 40.6. The van der Waals surface area contributed by atoms with Gasteiger partial charge in [-0.3, -0.25) is 0 Å². The SMILES string of the molecule is C.C.CC.CC.CC.CC1=CC=CCC1.Cc1ccc(C)cc1.Cc1ccccc1. The van der Waals surface area contributed by atoms with Crippen molar-refractivity contribution in [2.45, 2.75) is 96.9 Å². The van der Waals surface area contributed by atoms with Gasteiger partial charge in [-0.05, 0) is 40.5 Å². The van der Waals surface area contributed by atoms with Crippen molar-refractivity contribution in [3.05, 3.63) is 95.1 Å². The topological polar surface area (TPSA) is 0 Å². The number of aryl methyl sites for hydroxylation is 3.